The van der Waals surface area contributed by atoms with Gasteiger partial charge in [0.05, 0.1) is 12.3 Å². The van der Waals surface area contributed by atoms with E-state index in [1.807, 2.05) is 0 Å². The van der Waals surface area contributed by atoms with Crippen LogP contribution in [0.1, 0.15) is 26.5 Å². The number of carbonyl (C=O) groups excluding carboxylic acids is 3. The fourth-order valence-corrected chi connectivity index (χ4v) is 2.94. The molecular formula is C17H21N5O10S. The molecule has 1 aromatic heterocycles. The predicted octanol–water partition coefficient (Wildman–Crippen LogP) is -1.59. The number of β-lactam (4-membered cyclic amide) rings is 1. The Balaban J connectivity index is 2.29. The Kier molecular flexibility index (Phi) is 7.89. The van der Waals surface area contributed by atoms with E-state index in [2.05, 4.69) is 15.5 Å². The van der Waals surface area contributed by atoms with E-state index in [9.17, 15) is 29.1 Å². The van der Waals surface area contributed by atoms with Gasteiger partial charge in [-0.2, -0.15) is 0 Å². The Morgan fingerprint density at radius 1 is 1.33 bits per heavy atom. The van der Waals surface area contributed by atoms with E-state index in [1.165, 1.54) is 26.2 Å². The molecule has 33 heavy (non-hydrogen) atoms. The molecule has 2 rings (SSSR count). The minimum Gasteiger partial charge on any atom is -0.479 e. The molecule has 1 saturated heterocycles. The van der Waals surface area contributed by atoms with Gasteiger partial charge in [-0.25, -0.2) is 19.4 Å². The zero-order valence-corrected chi connectivity index (χ0v) is 18.4. The van der Waals surface area contributed by atoms with Crippen molar-refractivity contribution < 1.29 is 48.6 Å². The summed E-state index contributed by atoms with van der Waals surface area (Å²) >= 11 is 0.904. The van der Waals surface area contributed by atoms with Crippen LogP contribution in [0.4, 0.5) is 0 Å². The van der Waals surface area contributed by atoms with Crippen LogP contribution < -0.4 is 10.1 Å². The highest BCUT2D eigenvalue weighted by Gasteiger charge is 2.55. The summed E-state index contributed by atoms with van der Waals surface area (Å²) in [5, 5.41) is 33.2. The Morgan fingerprint density at radius 2 is 2.00 bits per heavy atom. The van der Waals surface area contributed by atoms with Crippen LogP contribution in [0.5, 0.6) is 0 Å². The number of aromatic nitrogens is 1. The molecule has 0 saturated carbocycles. The number of oxime groups is 1. The van der Waals surface area contributed by atoms with Crippen molar-refractivity contribution >= 4 is 46.8 Å². The van der Waals surface area contributed by atoms with Gasteiger partial charge < -0.3 is 30.1 Å². The average Bonchev–Trinajstić information content (AvgIpc) is 3.14. The Labute approximate surface area is 189 Å². The topological polar surface area (TPSA) is 221 Å². The van der Waals surface area contributed by atoms with Crippen molar-refractivity contribution in [2.45, 2.75) is 38.5 Å². The molecule has 1 unspecified atom stereocenters. The van der Waals surface area contributed by atoms with Gasteiger partial charge in [-0.1, -0.05) is 5.16 Å². The molecule has 1 fully saturated rings. The summed E-state index contributed by atoms with van der Waals surface area (Å²) in [5.41, 5.74) is -2.33. The highest BCUT2D eigenvalue weighted by Crippen LogP contribution is 2.22. The first-order valence-electron chi connectivity index (χ1n) is 9.26. The van der Waals surface area contributed by atoms with E-state index in [0.717, 1.165) is 11.3 Å². The van der Waals surface area contributed by atoms with Crippen LogP contribution in [0.15, 0.2) is 10.5 Å². The lowest BCUT2D eigenvalue weighted by atomic mass is 9.97. The van der Waals surface area contributed by atoms with Crippen LogP contribution in [0.25, 0.3) is 0 Å². The highest BCUT2D eigenvalue weighted by atomic mass is 32.1. The summed E-state index contributed by atoms with van der Waals surface area (Å²) in [7, 11) is 0. The van der Waals surface area contributed by atoms with Crippen molar-refractivity contribution in [3.05, 3.63) is 15.9 Å². The average molecular weight is 487 g/mol. The van der Waals surface area contributed by atoms with Crippen LogP contribution in [-0.4, -0.2) is 86.6 Å². The monoisotopic (exact) mass is 487 g/mol. The van der Waals surface area contributed by atoms with Crippen molar-refractivity contribution in [1.82, 2.24) is 15.4 Å². The maximum absolute atomic E-state index is 12.9. The van der Waals surface area contributed by atoms with Crippen molar-refractivity contribution in [3.63, 3.8) is 0 Å². The van der Waals surface area contributed by atoms with Crippen LogP contribution in [0.2, 0.25) is 0 Å². The summed E-state index contributed by atoms with van der Waals surface area (Å²) in [5.74, 6) is -5.70. The number of amides is 2. The van der Waals surface area contributed by atoms with Crippen molar-refractivity contribution in [2.75, 3.05) is 13.2 Å². The molecule has 15 nitrogen and oxygen atoms in total. The standard InChI is InChI=1S/C17H21N5O10S/c1-4-30-14(27)11-10(13(26)22(11)31-5-8(23)24)20-12(25)9(7-6-33-16(18)19-7)21-32-17(2,3)15(28)29/h6,10-11H,4-5H2,1-3H3,(H2,18,19)(H,20,25)(H,23,24)(H,28,29)/t10-,11?/m0/s1. The van der Waals surface area contributed by atoms with Gasteiger partial charge in [0.15, 0.2) is 23.2 Å². The number of hydrogen-bond donors (Lipinski definition) is 5. The molecule has 1 aliphatic rings. The summed E-state index contributed by atoms with van der Waals surface area (Å²) in [6.07, 6.45) is 0. The Bertz CT molecular complexity index is 1040. The lowest BCUT2D eigenvalue weighted by molar-refractivity contribution is -0.240. The molecule has 0 aliphatic carbocycles. The summed E-state index contributed by atoms with van der Waals surface area (Å²) < 4.78 is 4.85. The molecule has 0 bridgehead atoms. The maximum atomic E-state index is 12.9. The number of carboxylic acids is 2. The molecule has 2 atom stereocenters. The van der Waals surface area contributed by atoms with Gasteiger partial charge in [-0.3, -0.25) is 19.8 Å². The van der Waals surface area contributed by atoms with Gasteiger partial charge in [0.2, 0.25) is 5.60 Å². The second-order valence-corrected chi connectivity index (χ2v) is 7.81. The zero-order valence-electron chi connectivity index (χ0n) is 17.6. The number of thiazole rings is 1. The van der Waals surface area contributed by atoms with Crippen molar-refractivity contribution in [1.29, 1.82) is 5.41 Å². The van der Waals surface area contributed by atoms with E-state index in [0.29, 0.717) is 5.06 Å². The third-order valence-corrected chi connectivity index (χ3v) is 4.78. The summed E-state index contributed by atoms with van der Waals surface area (Å²) in [6, 6.07) is -2.96. The highest BCUT2D eigenvalue weighted by molar-refractivity contribution is 7.07. The van der Waals surface area contributed by atoms with E-state index >= 15 is 0 Å². The number of aromatic amines is 1. The lowest BCUT2D eigenvalue weighted by Gasteiger charge is -2.43. The van der Waals surface area contributed by atoms with E-state index in [-0.39, 0.29) is 17.1 Å². The third-order valence-electron chi connectivity index (χ3n) is 4.09. The number of nitrogens with zero attached hydrogens (tertiary/aromatic N) is 2. The number of ether oxygens (including phenoxy) is 1. The normalized spacial score (nSPS) is 18.3. The van der Waals surface area contributed by atoms with Gasteiger partial charge in [-0.15, -0.1) is 11.3 Å². The first kappa shape index (κ1) is 25.5. The molecule has 180 valence electrons. The molecule has 1 aromatic rings. The van der Waals surface area contributed by atoms with Gasteiger partial charge in [0, 0.05) is 5.38 Å². The maximum Gasteiger partial charge on any atom is 0.350 e. The van der Waals surface area contributed by atoms with E-state index in [1.54, 1.807) is 0 Å². The Hall–Kier alpha value is -3.79. The molecule has 1 aliphatic heterocycles. The third kappa shape index (κ3) is 5.92. The SMILES string of the molecule is CCOC(=O)C1[C@H](NC(=O)C(=NOC(C)(C)C(=O)O)c2csc(=N)[nH]2)C(=O)N1OCC(=O)O. The zero-order chi connectivity index (χ0) is 24.9. The van der Waals surface area contributed by atoms with Crippen LogP contribution in [0.3, 0.4) is 0 Å². The van der Waals surface area contributed by atoms with Crippen molar-refractivity contribution in [3.8, 4) is 0 Å². The van der Waals surface area contributed by atoms with Crippen LogP contribution in [0, 0.1) is 5.41 Å². The first-order valence-corrected chi connectivity index (χ1v) is 10.1. The van der Waals surface area contributed by atoms with Crippen molar-refractivity contribution in [2.24, 2.45) is 5.16 Å². The molecule has 0 spiro atoms. The quantitative estimate of drug-likeness (QED) is 0.104. The molecule has 16 heteroatoms. The summed E-state index contributed by atoms with van der Waals surface area (Å²) in [4.78, 5) is 71.7. The fraction of sp³-hybridized carbons (Fsp3) is 0.471. The lowest BCUT2D eigenvalue weighted by Crippen LogP contribution is -2.73. The summed E-state index contributed by atoms with van der Waals surface area (Å²) in [6.45, 7) is 2.91. The number of esters is 1. The number of H-pyrrole nitrogens is 1. The minimum atomic E-state index is -1.81. The second kappa shape index (κ2) is 10.2. The largest absolute Gasteiger partial charge is 0.479 e. The smallest absolute Gasteiger partial charge is 0.350 e. The number of nitrogens with one attached hydrogen (secondary N) is 3. The van der Waals surface area contributed by atoms with Gasteiger partial charge in [0.25, 0.3) is 11.8 Å². The second-order valence-electron chi connectivity index (χ2n) is 6.93. The number of aliphatic carboxylic acids is 2. The molecule has 2 heterocycles. The first-order chi connectivity index (χ1) is 15.4. The number of hydrogen-bond acceptors (Lipinski definition) is 11. The van der Waals surface area contributed by atoms with Gasteiger partial charge in [-0.05, 0) is 20.8 Å². The number of hydroxylamine groups is 2. The van der Waals surface area contributed by atoms with Crippen LogP contribution >= 0.6 is 11.3 Å². The molecular weight excluding hydrogens is 466 g/mol. The number of rotatable bonds is 11. The van der Waals surface area contributed by atoms with Gasteiger partial charge >= 0.3 is 17.9 Å². The number of carbonyl (C=O) groups is 5. The molecule has 0 aromatic carbocycles. The van der Waals surface area contributed by atoms with Crippen LogP contribution in [-0.2, 0) is 38.4 Å². The predicted molar refractivity (Wildman–Crippen MR) is 107 cm³/mol. The fourth-order valence-electron chi connectivity index (χ4n) is 2.37. The minimum absolute atomic E-state index is 0.0119. The van der Waals surface area contributed by atoms with Gasteiger partial charge in [0.1, 0.15) is 6.04 Å². The van der Waals surface area contributed by atoms with E-state index in [4.69, 9.17) is 24.9 Å². The molecule has 0 radical (unpaired) electrons. The molecule has 5 N–H and O–H groups in total. The van der Waals surface area contributed by atoms with E-state index < -0.39 is 59.7 Å². The number of carboxylic acid groups (broad SMARTS) is 2. The Morgan fingerprint density at radius 3 is 2.52 bits per heavy atom. The molecule has 2 amide bonds.